The van der Waals surface area contributed by atoms with Crippen LogP contribution < -0.4 is 0 Å². The molecule has 0 atom stereocenters. The van der Waals surface area contributed by atoms with Crippen LogP contribution in [0.1, 0.15) is 22.3 Å². The minimum Gasteiger partial charge on any atom is -0.244 e. The molecule has 118 valence electrons. The zero-order chi connectivity index (χ0) is 16.4. The molecule has 1 heterocycles. The normalized spacial score (nSPS) is 16.0. The van der Waals surface area contributed by atoms with Crippen molar-refractivity contribution in [2.75, 3.05) is 0 Å². The number of nitrogens with zero attached hydrogens (tertiary/aromatic N) is 2. The highest BCUT2D eigenvalue weighted by Crippen LogP contribution is 2.55. The second-order valence-electron chi connectivity index (χ2n) is 7.23. The van der Waals surface area contributed by atoms with E-state index in [1.54, 1.807) is 6.33 Å². The van der Waals surface area contributed by atoms with Gasteiger partial charge >= 0.3 is 0 Å². The maximum atomic E-state index is 4.45. The molecule has 4 aromatic rings. The first-order valence-electron chi connectivity index (χ1n) is 8.76. The second kappa shape index (κ2) is 4.54. The second-order valence-corrected chi connectivity index (χ2v) is 7.23. The molecular formula is C23H16N2. The van der Waals surface area contributed by atoms with E-state index >= 15 is 0 Å². The molecule has 0 fully saturated rings. The van der Waals surface area contributed by atoms with Crippen molar-refractivity contribution in [3.8, 4) is 11.1 Å². The van der Waals surface area contributed by atoms with Gasteiger partial charge in [-0.1, -0.05) is 48.5 Å². The lowest BCUT2D eigenvalue weighted by atomic mass is 9.76. The molecule has 2 nitrogen and oxygen atoms in total. The predicted molar refractivity (Wildman–Crippen MR) is 99.6 cm³/mol. The average molecular weight is 320 g/mol. The molecule has 2 aliphatic rings. The molecular weight excluding hydrogens is 304 g/mol. The summed E-state index contributed by atoms with van der Waals surface area (Å²) in [4.78, 5) is 8.64. The third kappa shape index (κ3) is 1.64. The third-order valence-corrected chi connectivity index (χ3v) is 5.99. The van der Waals surface area contributed by atoms with Gasteiger partial charge in [0.25, 0.3) is 0 Å². The zero-order valence-corrected chi connectivity index (χ0v) is 13.7. The van der Waals surface area contributed by atoms with Crippen LogP contribution in [0.5, 0.6) is 0 Å². The van der Waals surface area contributed by atoms with Crippen molar-refractivity contribution in [3.05, 3.63) is 95.4 Å². The molecule has 25 heavy (non-hydrogen) atoms. The fourth-order valence-corrected chi connectivity index (χ4v) is 4.96. The molecule has 1 aromatic heterocycles. The number of rotatable bonds is 0. The molecule has 0 N–H and O–H groups in total. The Labute approximate surface area is 146 Å². The van der Waals surface area contributed by atoms with Crippen molar-refractivity contribution in [3.63, 3.8) is 0 Å². The molecule has 2 heteroatoms. The minimum absolute atomic E-state index is 0.0698. The van der Waals surface area contributed by atoms with Crippen LogP contribution in [0.15, 0.2) is 73.2 Å². The SMILES string of the molecule is c1ccc2c(c1)-c1ccccc1C21Cc2cc3cncnc3cc2C1. The van der Waals surface area contributed by atoms with Crippen molar-refractivity contribution in [1.82, 2.24) is 9.97 Å². The molecule has 0 amide bonds. The standard InChI is InChI=1S/C23H16N2/c1-3-7-20-18(5-1)19-6-2-4-8-21(19)23(20)11-15-9-17-13-24-14-25-22(17)10-16(15)12-23/h1-10,13-14H,11-12H2. The summed E-state index contributed by atoms with van der Waals surface area (Å²) >= 11 is 0. The smallest absolute Gasteiger partial charge is 0.116 e. The van der Waals surface area contributed by atoms with Gasteiger partial charge in [-0.2, -0.15) is 0 Å². The monoisotopic (exact) mass is 320 g/mol. The Morgan fingerprint density at radius 3 is 2.12 bits per heavy atom. The molecule has 0 radical (unpaired) electrons. The van der Waals surface area contributed by atoms with Gasteiger partial charge in [0.15, 0.2) is 0 Å². The van der Waals surface area contributed by atoms with Crippen LogP contribution in [0.4, 0.5) is 0 Å². The van der Waals surface area contributed by atoms with E-state index in [1.165, 1.54) is 33.4 Å². The quantitative estimate of drug-likeness (QED) is 0.469. The van der Waals surface area contributed by atoms with E-state index in [0.717, 1.165) is 23.7 Å². The molecule has 0 bridgehead atoms. The van der Waals surface area contributed by atoms with Gasteiger partial charge in [0.05, 0.1) is 5.52 Å². The van der Waals surface area contributed by atoms with E-state index < -0.39 is 0 Å². The van der Waals surface area contributed by atoms with Crippen LogP contribution >= 0.6 is 0 Å². The molecule has 0 unspecified atom stereocenters. The fourth-order valence-electron chi connectivity index (χ4n) is 4.96. The molecule has 2 aliphatic carbocycles. The molecule has 0 aliphatic heterocycles. The van der Waals surface area contributed by atoms with Crippen molar-refractivity contribution in [2.45, 2.75) is 18.3 Å². The summed E-state index contributed by atoms with van der Waals surface area (Å²) in [5, 5.41) is 1.14. The Hall–Kier alpha value is -3.00. The predicted octanol–water partition coefficient (Wildman–Crippen LogP) is 4.70. The summed E-state index contributed by atoms with van der Waals surface area (Å²) in [5.41, 5.74) is 9.73. The number of hydrogen-bond acceptors (Lipinski definition) is 2. The lowest BCUT2D eigenvalue weighted by molar-refractivity contribution is 0.563. The van der Waals surface area contributed by atoms with Crippen LogP contribution in [0.3, 0.4) is 0 Å². The Balaban J connectivity index is 1.62. The Bertz CT molecular complexity index is 1070. The lowest BCUT2D eigenvalue weighted by Crippen LogP contribution is -2.25. The molecule has 1 spiro atoms. The summed E-state index contributed by atoms with van der Waals surface area (Å²) in [7, 11) is 0. The van der Waals surface area contributed by atoms with Gasteiger partial charge in [-0.05, 0) is 58.4 Å². The van der Waals surface area contributed by atoms with Gasteiger partial charge < -0.3 is 0 Å². The first-order valence-corrected chi connectivity index (χ1v) is 8.76. The lowest BCUT2D eigenvalue weighted by Gasteiger charge is -2.26. The van der Waals surface area contributed by atoms with Crippen LogP contribution in [0.2, 0.25) is 0 Å². The summed E-state index contributed by atoms with van der Waals surface area (Å²) in [5.74, 6) is 0. The van der Waals surface area contributed by atoms with Crippen LogP contribution in [-0.4, -0.2) is 9.97 Å². The summed E-state index contributed by atoms with van der Waals surface area (Å²) in [6, 6.07) is 22.4. The largest absolute Gasteiger partial charge is 0.244 e. The van der Waals surface area contributed by atoms with E-state index in [0.29, 0.717) is 0 Å². The van der Waals surface area contributed by atoms with Gasteiger partial charge in [-0.25, -0.2) is 9.97 Å². The highest BCUT2D eigenvalue weighted by atomic mass is 14.8. The number of aromatic nitrogens is 2. The first kappa shape index (κ1) is 13.3. The zero-order valence-electron chi connectivity index (χ0n) is 13.7. The van der Waals surface area contributed by atoms with Gasteiger partial charge in [-0.15, -0.1) is 0 Å². The van der Waals surface area contributed by atoms with E-state index in [4.69, 9.17) is 0 Å². The Morgan fingerprint density at radius 1 is 0.760 bits per heavy atom. The van der Waals surface area contributed by atoms with Crippen LogP contribution in [0.25, 0.3) is 22.0 Å². The molecule has 6 rings (SSSR count). The maximum absolute atomic E-state index is 4.45. The third-order valence-electron chi connectivity index (χ3n) is 5.99. The van der Waals surface area contributed by atoms with E-state index in [9.17, 15) is 0 Å². The maximum Gasteiger partial charge on any atom is 0.116 e. The van der Waals surface area contributed by atoms with Crippen molar-refractivity contribution in [1.29, 1.82) is 0 Å². The van der Waals surface area contributed by atoms with E-state index in [-0.39, 0.29) is 5.41 Å². The van der Waals surface area contributed by atoms with Crippen LogP contribution in [-0.2, 0) is 18.3 Å². The van der Waals surface area contributed by atoms with Gasteiger partial charge in [0.2, 0.25) is 0 Å². The van der Waals surface area contributed by atoms with Crippen molar-refractivity contribution in [2.24, 2.45) is 0 Å². The molecule has 3 aromatic carbocycles. The Kier molecular flexibility index (Phi) is 2.42. The van der Waals surface area contributed by atoms with Gasteiger partial charge in [0, 0.05) is 17.0 Å². The van der Waals surface area contributed by atoms with Gasteiger partial charge in [0.1, 0.15) is 6.33 Å². The number of hydrogen-bond donors (Lipinski definition) is 0. The minimum atomic E-state index is 0.0698. The topological polar surface area (TPSA) is 25.8 Å². The van der Waals surface area contributed by atoms with E-state index in [1.807, 2.05) is 6.20 Å². The van der Waals surface area contributed by atoms with Gasteiger partial charge in [-0.3, -0.25) is 0 Å². The average Bonchev–Trinajstić information content (AvgIpc) is 3.17. The Morgan fingerprint density at radius 2 is 1.40 bits per heavy atom. The summed E-state index contributed by atoms with van der Waals surface area (Å²) in [6.07, 6.45) is 5.67. The summed E-state index contributed by atoms with van der Waals surface area (Å²) < 4.78 is 0. The number of benzene rings is 3. The molecule has 0 saturated carbocycles. The van der Waals surface area contributed by atoms with E-state index in [2.05, 4.69) is 70.6 Å². The summed E-state index contributed by atoms with van der Waals surface area (Å²) in [6.45, 7) is 0. The highest BCUT2D eigenvalue weighted by molar-refractivity contribution is 5.84. The van der Waals surface area contributed by atoms with Crippen molar-refractivity contribution >= 4 is 10.9 Å². The van der Waals surface area contributed by atoms with Crippen LogP contribution in [0, 0.1) is 0 Å². The van der Waals surface area contributed by atoms with Crippen molar-refractivity contribution < 1.29 is 0 Å². The number of fused-ring (bicyclic) bond motifs is 7. The molecule has 0 saturated heterocycles. The fraction of sp³-hybridized carbons (Fsp3) is 0.130. The first-order chi connectivity index (χ1) is 12.4. The highest BCUT2D eigenvalue weighted by Gasteiger charge is 2.46.